The summed E-state index contributed by atoms with van der Waals surface area (Å²) < 4.78 is 4.82. The molecule has 1 heterocycles. The molecule has 50 valence electrons. The lowest BCUT2D eigenvalue weighted by Gasteiger charge is -2.09. The van der Waals surface area contributed by atoms with Crippen molar-refractivity contribution >= 4 is 15.0 Å². The molecule has 0 radical (unpaired) electrons. The van der Waals surface area contributed by atoms with Crippen molar-refractivity contribution in [1.29, 1.82) is 0 Å². The van der Waals surface area contributed by atoms with Crippen molar-refractivity contribution in [3.05, 3.63) is 29.8 Å². The largest absolute Gasteiger partial charge is 0.371 e. The Morgan fingerprint density at radius 1 is 1.20 bits per heavy atom. The maximum Gasteiger partial charge on any atom is 0.291 e. The van der Waals surface area contributed by atoms with Crippen molar-refractivity contribution in [2.75, 3.05) is 0 Å². The molecule has 1 aromatic carbocycles. The van der Waals surface area contributed by atoms with Crippen molar-refractivity contribution in [1.82, 2.24) is 0 Å². The van der Waals surface area contributed by atoms with Gasteiger partial charge in [-0.25, -0.2) is 0 Å². The van der Waals surface area contributed by atoms with E-state index in [2.05, 4.69) is 5.67 Å². The first-order valence-corrected chi connectivity index (χ1v) is 4.19. The topological polar surface area (TPSA) is 18.5 Å². The SMILES string of the molecule is C1=[SiH]OOc2ccccc21. The number of hydrogen-bond acceptors (Lipinski definition) is 2. The van der Waals surface area contributed by atoms with E-state index < -0.39 is 0 Å². The fraction of sp³-hybridized carbons (Fsp3) is 0. The standard InChI is InChI=1S/C7H6O2Si/c1-2-4-7-6(3-1)5-10-9-8-7/h1-5,10H. The van der Waals surface area contributed by atoms with Crippen LogP contribution in [0.25, 0.3) is 0 Å². The molecule has 1 aliphatic heterocycles. The molecule has 2 nitrogen and oxygen atoms in total. The van der Waals surface area contributed by atoms with E-state index in [0.29, 0.717) is 0 Å². The third kappa shape index (κ3) is 0.843. The Balaban J connectivity index is 2.54. The van der Waals surface area contributed by atoms with E-state index in [1.807, 2.05) is 24.3 Å². The second kappa shape index (κ2) is 2.26. The Bertz CT molecular complexity index is 270. The smallest absolute Gasteiger partial charge is 0.291 e. The maximum atomic E-state index is 4.93. The van der Waals surface area contributed by atoms with Crippen LogP contribution in [0.15, 0.2) is 24.3 Å². The molecular weight excluding hydrogens is 144 g/mol. The second-order valence-corrected chi connectivity index (χ2v) is 2.82. The molecule has 2 rings (SSSR count). The van der Waals surface area contributed by atoms with Gasteiger partial charge in [0.2, 0.25) is 0 Å². The summed E-state index contributed by atoms with van der Waals surface area (Å²) >= 11 is 0. The molecule has 0 unspecified atom stereocenters. The number of fused-ring (bicyclic) bond motifs is 1. The highest BCUT2D eigenvalue weighted by molar-refractivity contribution is 6.45. The van der Waals surface area contributed by atoms with Crippen LogP contribution in [-0.4, -0.2) is 15.0 Å². The zero-order chi connectivity index (χ0) is 6.81. The average Bonchev–Trinajstić information content (AvgIpc) is 2.05. The van der Waals surface area contributed by atoms with Gasteiger partial charge in [0.15, 0.2) is 5.75 Å². The predicted molar refractivity (Wildman–Crippen MR) is 40.5 cm³/mol. The van der Waals surface area contributed by atoms with Crippen molar-refractivity contribution in [2.45, 2.75) is 0 Å². The maximum absolute atomic E-state index is 4.93. The summed E-state index contributed by atoms with van der Waals surface area (Å²) in [5.41, 5.74) is 3.21. The van der Waals surface area contributed by atoms with Crippen LogP contribution in [0, 0.1) is 0 Å². The van der Waals surface area contributed by atoms with Gasteiger partial charge < -0.3 is 9.46 Å². The van der Waals surface area contributed by atoms with Gasteiger partial charge in [-0.3, -0.25) is 0 Å². The zero-order valence-electron chi connectivity index (χ0n) is 5.28. The van der Waals surface area contributed by atoms with Gasteiger partial charge in [0.1, 0.15) is 0 Å². The fourth-order valence-electron chi connectivity index (χ4n) is 0.875. The molecule has 0 saturated heterocycles. The van der Waals surface area contributed by atoms with Crippen LogP contribution < -0.4 is 4.89 Å². The molecule has 1 aliphatic rings. The van der Waals surface area contributed by atoms with Gasteiger partial charge >= 0.3 is 0 Å². The normalized spacial score (nSPS) is 13.2. The molecule has 0 atom stereocenters. The van der Waals surface area contributed by atoms with Crippen molar-refractivity contribution in [2.24, 2.45) is 0 Å². The fourth-order valence-corrected chi connectivity index (χ4v) is 1.51. The van der Waals surface area contributed by atoms with Gasteiger partial charge in [-0.2, -0.15) is 0 Å². The first-order valence-electron chi connectivity index (χ1n) is 3.06. The highest BCUT2D eigenvalue weighted by atomic mass is 28.2. The average molecular weight is 150 g/mol. The van der Waals surface area contributed by atoms with E-state index in [-0.39, 0.29) is 9.38 Å². The molecule has 10 heavy (non-hydrogen) atoms. The van der Waals surface area contributed by atoms with E-state index >= 15 is 0 Å². The molecule has 0 saturated carbocycles. The van der Waals surface area contributed by atoms with Crippen LogP contribution in [0.4, 0.5) is 0 Å². The molecule has 0 spiro atoms. The Hall–Kier alpha value is -1.09. The highest BCUT2D eigenvalue weighted by Gasteiger charge is 2.03. The Kier molecular flexibility index (Phi) is 1.28. The van der Waals surface area contributed by atoms with E-state index in [4.69, 9.17) is 9.46 Å². The zero-order valence-corrected chi connectivity index (χ0v) is 6.44. The molecule has 0 aromatic heterocycles. The Labute approximate surface area is 60.9 Å². The first kappa shape index (κ1) is 5.67. The van der Waals surface area contributed by atoms with Crippen LogP contribution in [0.3, 0.4) is 0 Å². The first-order chi connectivity index (χ1) is 4.97. The quantitative estimate of drug-likeness (QED) is 0.396. The minimum absolute atomic E-state index is 0.113. The van der Waals surface area contributed by atoms with Crippen LogP contribution in [-0.2, 0) is 4.58 Å². The monoisotopic (exact) mass is 150 g/mol. The summed E-state index contributed by atoms with van der Waals surface area (Å²) in [7, 11) is -0.113. The number of para-hydroxylation sites is 1. The van der Waals surface area contributed by atoms with Crippen molar-refractivity contribution < 1.29 is 9.46 Å². The number of hydrogen-bond donors (Lipinski definition) is 0. The number of benzene rings is 1. The summed E-state index contributed by atoms with van der Waals surface area (Å²) in [6.45, 7) is 0. The summed E-state index contributed by atoms with van der Waals surface area (Å²) in [4.78, 5) is 4.93. The van der Waals surface area contributed by atoms with Crippen LogP contribution >= 0.6 is 0 Å². The molecule has 1 aromatic rings. The highest BCUT2D eigenvalue weighted by Crippen LogP contribution is 2.16. The molecule has 0 aliphatic carbocycles. The lowest BCUT2D eigenvalue weighted by atomic mass is 10.2. The summed E-state index contributed by atoms with van der Waals surface area (Å²) in [5.74, 6) is 0.821. The minimum Gasteiger partial charge on any atom is -0.371 e. The van der Waals surface area contributed by atoms with Gasteiger partial charge in [0, 0.05) is 5.56 Å². The lowest BCUT2D eigenvalue weighted by Crippen LogP contribution is -2.07. The third-order valence-electron chi connectivity index (χ3n) is 1.36. The summed E-state index contributed by atoms with van der Waals surface area (Å²) in [5, 5.41) is 0. The predicted octanol–water partition coefficient (Wildman–Crippen LogP) is 0.512. The van der Waals surface area contributed by atoms with Gasteiger partial charge in [-0.05, 0) is 11.7 Å². The third-order valence-corrected chi connectivity index (χ3v) is 2.06. The van der Waals surface area contributed by atoms with Crippen molar-refractivity contribution in [3.8, 4) is 5.75 Å². The van der Waals surface area contributed by atoms with Crippen LogP contribution in [0.5, 0.6) is 5.75 Å². The lowest BCUT2D eigenvalue weighted by molar-refractivity contribution is -0.0963. The molecule has 0 bridgehead atoms. The van der Waals surface area contributed by atoms with Crippen LogP contribution in [0.1, 0.15) is 5.56 Å². The van der Waals surface area contributed by atoms with E-state index in [1.54, 1.807) is 0 Å². The molecular formula is C7H6O2Si. The second-order valence-electron chi connectivity index (χ2n) is 2.02. The van der Waals surface area contributed by atoms with Crippen LogP contribution in [0.2, 0.25) is 0 Å². The van der Waals surface area contributed by atoms with E-state index in [1.165, 1.54) is 0 Å². The minimum atomic E-state index is -0.113. The summed E-state index contributed by atoms with van der Waals surface area (Å²) in [6, 6.07) is 7.83. The molecule has 0 amide bonds. The number of rotatable bonds is 0. The van der Waals surface area contributed by atoms with E-state index in [0.717, 1.165) is 11.3 Å². The molecule has 0 N–H and O–H groups in total. The summed E-state index contributed by atoms with van der Waals surface area (Å²) in [6.07, 6.45) is 0. The van der Waals surface area contributed by atoms with Crippen molar-refractivity contribution in [3.63, 3.8) is 0 Å². The Morgan fingerprint density at radius 3 is 3.00 bits per heavy atom. The molecule has 3 heteroatoms. The molecule has 0 fully saturated rings. The Morgan fingerprint density at radius 2 is 2.10 bits per heavy atom. The van der Waals surface area contributed by atoms with Gasteiger partial charge in [-0.15, -0.1) is 0 Å². The van der Waals surface area contributed by atoms with Gasteiger partial charge in [0.25, 0.3) is 9.38 Å². The van der Waals surface area contributed by atoms with E-state index in [9.17, 15) is 0 Å². The van der Waals surface area contributed by atoms with Gasteiger partial charge in [0.05, 0.1) is 0 Å². The van der Waals surface area contributed by atoms with Gasteiger partial charge in [-0.1, -0.05) is 18.2 Å².